The maximum atomic E-state index is 6.04. The molecule has 0 amide bonds. The topological polar surface area (TPSA) is 44.9 Å². The minimum absolute atomic E-state index is 0. The number of likely N-dealkylation sites (tertiary alicyclic amines) is 1. The summed E-state index contributed by atoms with van der Waals surface area (Å²) in [7, 11) is 0. The molecule has 0 spiro atoms. The van der Waals surface area contributed by atoms with Crippen molar-refractivity contribution in [1.82, 2.24) is 9.80 Å². The second-order valence-electron chi connectivity index (χ2n) is 5.10. The highest BCUT2D eigenvalue weighted by atomic mass is 127. The molecule has 0 aromatic heterocycles. The van der Waals surface area contributed by atoms with Crippen LogP contribution in [0.4, 0.5) is 0 Å². The van der Waals surface area contributed by atoms with E-state index >= 15 is 0 Å². The molecule has 2 fully saturated rings. The van der Waals surface area contributed by atoms with Crippen molar-refractivity contribution >= 4 is 41.7 Å². The average Bonchev–Trinajstić information content (AvgIpc) is 2.68. The van der Waals surface area contributed by atoms with Gasteiger partial charge in [0, 0.05) is 31.1 Å². The molecule has 112 valence electrons. The lowest BCUT2D eigenvalue weighted by molar-refractivity contribution is 0.293. The van der Waals surface area contributed by atoms with Crippen LogP contribution in [0.25, 0.3) is 0 Å². The zero-order chi connectivity index (χ0) is 12.6. The Hall–Kier alpha value is 0.310. The molecule has 0 aromatic rings. The van der Waals surface area contributed by atoms with Gasteiger partial charge < -0.3 is 15.5 Å². The fourth-order valence-electron chi connectivity index (χ4n) is 2.56. The first-order chi connectivity index (χ1) is 8.86. The Morgan fingerprint density at radius 2 is 1.63 bits per heavy atom. The number of halogens is 1. The van der Waals surface area contributed by atoms with Crippen LogP contribution in [0.1, 0.15) is 25.7 Å². The molecule has 2 N–H and O–H groups in total. The maximum absolute atomic E-state index is 6.04. The van der Waals surface area contributed by atoms with Crippen LogP contribution in [0.2, 0.25) is 0 Å². The Kier molecular flexibility index (Phi) is 9.23. The van der Waals surface area contributed by atoms with E-state index in [1.807, 2.05) is 11.8 Å². The Morgan fingerprint density at radius 3 is 2.26 bits per heavy atom. The van der Waals surface area contributed by atoms with E-state index in [1.54, 1.807) is 0 Å². The molecule has 19 heavy (non-hydrogen) atoms. The quantitative estimate of drug-likeness (QED) is 0.448. The molecule has 0 atom stereocenters. The number of aliphatic imine (C=N–C) groups is 1. The first kappa shape index (κ1) is 17.4. The monoisotopic (exact) mass is 398 g/mol. The highest BCUT2D eigenvalue weighted by Crippen LogP contribution is 2.10. The summed E-state index contributed by atoms with van der Waals surface area (Å²) in [5.74, 6) is 3.12. The van der Waals surface area contributed by atoms with E-state index in [9.17, 15) is 0 Å². The number of nitrogens with two attached hydrogens (primary N) is 1. The van der Waals surface area contributed by atoms with Gasteiger partial charge in [0.2, 0.25) is 0 Å². The summed E-state index contributed by atoms with van der Waals surface area (Å²) >= 11 is 2.00. The average molecular weight is 398 g/mol. The fourth-order valence-corrected chi connectivity index (χ4v) is 3.46. The molecule has 0 radical (unpaired) electrons. The second kappa shape index (κ2) is 10.1. The zero-order valence-electron chi connectivity index (χ0n) is 11.7. The van der Waals surface area contributed by atoms with E-state index < -0.39 is 0 Å². The Labute approximate surface area is 138 Å². The van der Waals surface area contributed by atoms with Crippen LogP contribution in [0.3, 0.4) is 0 Å². The molecule has 0 saturated carbocycles. The van der Waals surface area contributed by atoms with E-state index in [4.69, 9.17) is 5.73 Å². The van der Waals surface area contributed by atoms with Gasteiger partial charge in [0.05, 0.1) is 6.54 Å². The standard InChI is InChI=1S/C13H26N4S.HI/c14-13(17-9-11-18-12-10-17)15-5-8-16-6-3-1-2-4-7-16;/h1-12H2,(H2,14,15);1H. The van der Waals surface area contributed by atoms with Gasteiger partial charge in [0.15, 0.2) is 5.96 Å². The number of rotatable bonds is 3. The summed E-state index contributed by atoms with van der Waals surface area (Å²) in [5.41, 5.74) is 6.04. The van der Waals surface area contributed by atoms with Crippen molar-refractivity contribution in [3.63, 3.8) is 0 Å². The molecular weight excluding hydrogens is 371 g/mol. The van der Waals surface area contributed by atoms with E-state index in [-0.39, 0.29) is 24.0 Å². The van der Waals surface area contributed by atoms with Gasteiger partial charge >= 0.3 is 0 Å². The molecule has 4 nitrogen and oxygen atoms in total. The summed E-state index contributed by atoms with van der Waals surface area (Å²) in [6, 6.07) is 0. The SMILES string of the molecule is I.NC(=NCCN1CCCCCC1)N1CCSCC1. The smallest absolute Gasteiger partial charge is 0.191 e. The van der Waals surface area contributed by atoms with Gasteiger partial charge in [-0.25, -0.2) is 0 Å². The first-order valence-electron chi connectivity index (χ1n) is 7.21. The predicted octanol–water partition coefficient (Wildman–Crippen LogP) is 1.84. The van der Waals surface area contributed by atoms with E-state index in [0.717, 1.165) is 32.1 Å². The van der Waals surface area contributed by atoms with Crippen molar-refractivity contribution in [1.29, 1.82) is 0 Å². The van der Waals surface area contributed by atoms with Crippen LogP contribution in [-0.4, -0.2) is 66.5 Å². The van der Waals surface area contributed by atoms with Gasteiger partial charge in [0.25, 0.3) is 0 Å². The minimum Gasteiger partial charge on any atom is -0.370 e. The Bertz CT molecular complexity index is 261. The first-order valence-corrected chi connectivity index (χ1v) is 8.37. The number of thioether (sulfide) groups is 1. The molecule has 2 saturated heterocycles. The number of guanidine groups is 1. The second-order valence-corrected chi connectivity index (χ2v) is 6.32. The van der Waals surface area contributed by atoms with Gasteiger partial charge in [-0.3, -0.25) is 4.99 Å². The fraction of sp³-hybridized carbons (Fsp3) is 0.923. The molecule has 0 bridgehead atoms. The van der Waals surface area contributed by atoms with Crippen LogP contribution < -0.4 is 5.73 Å². The molecular formula is C13H27IN4S. The van der Waals surface area contributed by atoms with Crippen molar-refractivity contribution in [2.45, 2.75) is 25.7 Å². The van der Waals surface area contributed by atoms with Crippen molar-refractivity contribution in [2.24, 2.45) is 10.7 Å². The van der Waals surface area contributed by atoms with Crippen LogP contribution in [0.15, 0.2) is 4.99 Å². The van der Waals surface area contributed by atoms with Gasteiger partial charge in [-0.15, -0.1) is 24.0 Å². The Morgan fingerprint density at radius 1 is 1.00 bits per heavy atom. The lowest BCUT2D eigenvalue weighted by Crippen LogP contribution is -2.43. The molecule has 2 aliphatic rings. The zero-order valence-corrected chi connectivity index (χ0v) is 14.9. The Balaban J connectivity index is 0.00000180. The highest BCUT2D eigenvalue weighted by molar-refractivity contribution is 14.0. The van der Waals surface area contributed by atoms with Gasteiger partial charge in [0.1, 0.15) is 0 Å². The molecule has 2 rings (SSSR count). The lowest BCUT2D eigenvalue weighted by atomic mass is 10.2. The van der Waals surface area contributed by atoms with E-state index in [2.05, 4.69) is 14.8 Å². The number of hydrogen-bond acceptors (Lipinski definition) is 3. The molecule has 2 heterocycles. The third-order valence-corrected chi connectivity index (χ3v) is 4.67. The molecule has 6 heteroatoms. The molecule has 0 aromatic carbocycles. The van der Waals surface area contributed by atoms with Crippen LogP contribution in [0, 0.1) is 0 Å². The predicted molar refractivity (Wildman–Crippen MR) is 95.7 cm³/mol. The summed E-state index contributed by atoms with van der Waals surface area (Å²) in [6.45, 7) is 6.54. The van der Waals surface area contributed by atoms with Crippen LogP contribution in [0.5, 0.6) is 0 Å². The largest absolute Gasteiger partial charge is 0.370 e. The molecule has 2 aliphatic heterocycles. The van der Waals surface area contributed by atoms with Gasteiger partial charge in [-0.2, -0.15) is 11.8 Å². The summed E-state index contributed by atoms with van der Waals surface area (Å²) in [4.78, 5) is 9.30. The summed E-state index contributed by atoms with van der Waals surface area (Å²) < 4.78 is 0. The summed E-state index contributed by atoms with van der Waals surface area (Å²) in [5, 5.41) is 0. The number of nitrogens with zero attached hydrogens (tertiary/aromatic N) is 3. The lowest BCUT2D eigenvalue weighted by Gasteiger charge is -2.27. The van der Waals surface area contributed by atoms with Gasteiger partial charge in [-0.05, 0) is 25.9 Å². The van der Waals surface area contributed by atoms with Gasteiger partial charge in [-0.1, -0.05) is 12.8 Å². The normalized spacial score (nSPS) is 22.7. The number of hydrogen-bond donors (Lipinski definition) is 1. The van der Waals surface area contributed by atoms with Crippen LogP contribution in [-0.2, 0) is 0 Å². The van der Waals surface area contributed by atoms with E-state index in [0.29, 0.717) is 0 Å². The van der Waals surface area contributed by atoms with E-state index in [1.165, 1.54) is 50.3 Å². The van der Waals surface area contributed by atoms with Crippen molar-refractivity contribution in [3.8, 4) is 0 Å². The summed E-state index contributed by atoms with van der Waals surface area (Å²) in [6.07, 6.45) is 5.49. The van der Waals surface area contributed by atoms with Crippen molar-refractivity contribution in [2.75, 3.05) is 50.8 Å². The van der Waals surface area contributed by atoms with Crippen molar-refractivity contribution in [3.05, 3.63) is 0 Å². The van der Waals surface area contributed by atoms with Crippen LogP contribution >= 0.6 is 35.7 Å². The maximum Gasteiger partial charge on any atom is 0.191 e. The minimum atomic E-state index is 0. The highest BCUT2D eigenvalue weighted by Gasteiger charge is 2.12. The third kappa shape index (κ3) is 6.53. The third-order valence-electron chi connectivity index (χ3n) is 3.72. The van der Waals surface area contributed by atoms with Crippen molar-refractivity contribution < 1.29 is 0 Å². The molecule has 0 unspecified atom stereocenters. The molecule has 0 aliphatic carbocycles.